The van der Waals surface area contributed by atoms with Crippen LogP contribution in [0.1, 0.15) is 31.2 Å². The molecule has 3 nitrogen and oxygen atoms in total. The van der Waals surface area contributed by atoms with Gasteiger partial charge >= 0.3 is 5.97 Å². The highest BCUT2D eigenvalue weighted by atomic mass is 32.2. The topological polar surface area (TPSA) is 49.3 Å². The second-order valence-corrected chi connectivity index (χ2v) is 6.00. The Kier molecular flexibility index (Phi) is 5.28. The van der Waals surface area contributed by atoms with Crippen molar-refractivity contribution < 1.29 is 9.90 Å². The number of hydrogen-bond donors (Lipinski definition) is 2. The van der Waals surface area contributed by atoms with Gasteiger partial charge in [0.25, 0.3) is 0 Å². The molecule has 0 atom stereocenters. The van der Waals surface area contributed by atoms with Gasteiger partial charge in [0.2, 0.25) is 0 Å². The van der Waals surface area contributed by atoms with Crippen LogP contribution < -0.4 is 5.32 Å². The Hall–Kier alpha value is -1.00. The van der Waals surface area contributed by atoms with Crippen LogP contribution in [-0.2, 0) is 11.3 Å². The Morgan fingerprint density at radius 2 is 1.89 bits per heavy atom. The van der Waals surface area contributed by atoms with Gasteiger partial charge in [-0.2, -0.15) is 0 Å². The zero-order valence-corrected chi connectivity index (χ0v) is 12.1. The second-order valence-electron chi connectivity index (χ2n) is 5.12. The van der Waals surface area contributed by atoms with Crippen LogP contribution in [0.25, 0.3) is 0 Å². The van der Waals surface area contributed by atoms with Crippen molar-refractivity contribution in [2.45, 2.75) is 43.2 Å². The number of carbonyl (C=O) groups is 1. The first-order valence-electron chi connectivity index (χ1n) is 6.78. The van der Waals surface area contributed by atoms with Gasteiger partial charge in [0.1, 0.15) is 0 Å². The summed E-state index contributed by atoms with van der Waals surface area (Å²) in [6, 6.07) is 9.06. The molecule has 2 N–H and O–H groups in total. The fourth-order valence-corrected chi connectivity index (χ4v) is 2.96. The Bertz CT molecular complexity index is 411. The molecule has 19 heavy (non-hydrogen) atoms. The number of thioether (sulfide) groups is 1. The summed E-state index contributed by atoms with van der Waals surface area (Å²) >= 11 is 1.75. The minimum Gasteiger partial charge on any atom is -0.481 e. The molecule has 104 valence electrons. The summed E-state index contributed by atoms with van der Waals surface area (Å²) in [5, 5.41) is 12.5. The van der Waals surface area contributed by atoms with Crippen molar-refractivity contribution in [3.05, 3.63) is 29.8 Å². The van der Waals surface area contributed by atoms with Crippen molar-refractivity contribution in [1.29, 1.82) is 0 Å². The maximum absolute atomic E-state index is 10.9. The Balaban J connectivity index is 1.75. The first kappa shape index (κ1) is 14.4. The van der Waals surface area contributed by atoms with Gasteiger partial charge in [-0.1, -0.05) is 12.1 Å². The smallest absolute Gasteiger partial charge is 0.306 e. The summed E-state index contributed by atoms with van der Waals surface area (Å²) in [5.41, 5.74) is 1.29. The van der Waals surface area contributed by atoms with E-state index < -0.39 is 5.97 Å². The molecule has 1 aliphatic rings. The van der Waals surface area contributed by atoms with E-state index in [1.807, 2.05) is 0 Å². The molecule has 2 rings (SSSR count). The zero-order valence-electron chi connectivity index (χ0n) is 11.3. The summed E-state index contributed by atoms with van der Waals surface area (Å²) < 4.78 is 0. The largest absolute Gasteiger partial charge is 0.481 e. The lowest BCUT2D eigenvalue weighted by Crippen LogP contribution is -2.34. The second kappa shape index (κ2) is 6.96. The van der Waals surface area contributed by atoms with Crippen molar-refractivity contribution in [2.75, 3.05) is 6.26 Å². The molecule has 4 heteroatoms. The molecule has 1 aromatic carbocycles. The van der Waals surface area contributed by atoms with Gasteiger partial charge in [0.05, 0.1) is 5.92 Å². The molecule has 1 saturated carbocycles. The van der Waals surface area contributed by atoms with Gasteiger partial charge in [-0.15, -0.1) is 11.8 Å². The molecule has 0 unspecified atom stereocenters. The first-order chi connectivity index (χ1) is 9.19. The molecular weight excluding hydrogens is 258 g/mol. The van der Waals surface area contributed by atoms with Gasteiger partial charge in [-0.3, -0.25) is 4.79 Å². The third-order valence-corrected chi connectivity index (χ3v) is 4.57. The van der Waals surface area contributed by atoms with E-state index in [0.29, 0.717) is 6.04 Å². The maximum Gasteiger partial charge on any atom is 0.306 e. The van der Waals surface area contributed by atoms with E-state index in [-0.39, 0.29) is 5.92 Å². The highest BCUT2D eigenvalue weighted by Crippen LogP contribution is 2.24. The molecule has 0 heterocycles. The highest BCUT2D eigenvalue weighted by Gasteiger charge is 2.25. The molecule has 0 aromatic heterocycles. The van der Waals surface area contributed by atoms with Crippen molar-refractivity contribution in [3.8, 4) is 0 Å². The summed E-state index contributed by atoms with van der Waals surface area (Å²) in [6.07, 6.45) is 5.63. The highest BCUT2D eigenvalue weighted by molar-refractivity contribution is 7.98. The molecule has 0 bridgehead atoms. The Morgan fingerprint density at radius 3 is 2.42 bits per heavy atom. The van der Waals surface area contributed by atoms with E-state index >= 15 is 0 Å². The van der Waals surface area contributed by atoms with E-state index in [0.717, 1.165) is 32.2 Å². The van der Waals surface area contributed by atoms with Crippen LogP contribution in [0.4, 0.5) is 0 Å². The zero-order chi connectivity index (χ0) is 13.7. The van der Waals surface area contributed by atoms with Crippen molar-refractivity contribution in [3.63, 3.8) is 0 Å². The number of aliphatic carboxylic acids is 1. The fraction of sp³-hybridized carbons (Fsp3) is 0.533. The molecule has 0 spiro atoms. The average molecular weight is 279 g/mol. The standard InChI is InChI=1S/C15H21NO2S/c1-19-14-8-2-11(3-9-14)10-16-13-6-4-12(5-7-13)15(17)18/h2-3,8-9,12-13,16H,4-7,10H2,1H3,(H,17,18). The van der Waals surface area contributed by atoms with Crippen LogP contribution in [0.15, 0.2) is 29.2 Å². The van der Waals surface area contributed by atoms with Crippen LogP contribution >= 0.6 is 11.8 Å². The van der Waals surface area contributed by atoms with Gasteiger partial charge in [0.15, 0.2) is 0 Å². The predicted octanol–water partition coefficient (Wildman–Crippen LogP) is 3.14. The van der Waals surface area contributed by atoms with E-state index in [1.165, 1.54) is 10.5 Å². The van der Waals surface area contributed by atoms with Crippen LogP contribution in [0.3, 0.4) is 0 Å². The number of carboxylic acid groups (broad SMARTS) is 1. The third-order valence-electron chi connectivity index (χ3n) is 3.83. The Labute approximate surface area is 118 Å². The minimum absolute atomic E-state index is 0.126. The summed E-state index contributed by atoms with van der Waals surface area (Å²) in [5.74, 6) is -0.759. The summed E-state index contributed by atoms with van der Waals surface area (Å²) in [4.78, 5) is 12.2. The van der Waals surface area contributed by atoms with Gasteiger partial charge < -0.3 is 10.4 Å². The molecule has 0 radical (unpaired) electrons. The number of carboxylic acids is 1. The SMILES string of the molecule is CSc1ccc(CNC2CCC(C(=O)O)CC2)cc1. The quantitative estimate of drug-likeness (QED) is 0.813. The molecule has 0 aliphatic heterocycles. The van der Waals surface area contributed by atoms with Gasteiger partial charge in [-0.05, 0) is 49.6 Å². The molecule has 1 aromatic rings. The molecule has 0 amide bonds. The van der Waals surface area contributed by atoms with Crippen molar-refractivity contribution in [1.82, 2.24) is 5.32 Å². The predicted molar refractivity (Wildman–Crippen MR) is 78.4 cm³/mol. The molecular formula is C15H21NO2S. The van der Waals surface area contributed by atoms with Crippen molar-refractivity contribution in [2.24, 2.45) is 5.92 Å². The van der Waals surface area contributed by atoms with Crippen LogP contribution in [0, 0.1) is 5.92 Å². The number of hydrogen-bond acceptors (Lipinski definition) is 3. The van der Waals surface area contributed by atoms with Crippen LogP contribution in [0.2, 0.25) is 0 Å². The van der Waals surface area contributed by atoms with E-state index in [4.69, 9.17) is 5.11 Å². The van der Waals surface area contributed by atoms with E-state index in [2.05, 4.69) is 35.8 Å². The first-order valence-corrected chi connectivity index (χ1v) is 8.00. The number of nitrogens with one attached hydrogen (secondary N) is 1. The molecule has 1 fully saturated rings. The third kappa shape index (κ3) is 4.25. The van der Waals surface area contributed by atoms with Crippen molar-refractivity contribution >= 4 is 17.7 Å². The number of benzene rings is 1. The van der Waals surface area contributed by atoms with Crippen LogP contribution in [0.5, 0.6) is 0 Å². The Morgan fingerprint density at radius 1 is 1.26 bits per heavy atom. The lowest BCUT2D eigenvalue weighted by molar-refractivity contribution is -0.142. The fourth-order valence-electron chi connectivity index (χ4n) is 2.55. The lowest BCUT2D eigenvalue weighted by Gasteiger charge is -2.27. The summed E-state index contributed by atoms with van der Waals surface area (Å²) in [6.45, 7) is 0.872. The monoisotopic (exact) mass is 279 g/mol. The summed E-state index contributed by atoms with van der Waals surface area (Å²) in [7, 11) is 0. The van der Waals surface area contributed by atoms with Gasteiger partial charge in [-0.25, -0.2) is 0 Å². The molecule has 1 aliphatic carbocycles. The van der Waals surface area contributed by atoms with Gasteiger partial charge in [0, 0.05) is 17.5 Å². The van der Waals surface area contributed by atoms with Crippen LogP contribution in [-0.4, -0.2) is 23.4 Å². The normalized spacial score (nSPS) is 23.2. The number of rotatable bonds is 5. The van der Waals surface area contributed by atoms with E-state index in [1.54, 1.807) is 11.8 Å². The molecule has 0 saturated heterocycles. The lowest BCUT2D eigenvalue weighted by atomic mass is 9.86. The van der Waals surface area contributed by atoms with E-state index in [9.17, 15) is 4.79 Å². The maximum atomic E-state index is 10.9. The average Bonchev–Trinajstić information content (AvgIpc) is 2.46. The minimum atomic E-state index is -0.633.